The van der Waals surface area contributed by atoms with Crippen molar-refractivity contribution in [3.63, 3.8) is 0 Å². The van der Waals surface area contributed by atoms with Gasteiger partial charge in [-0.1, -0.05) is 13.8 Å². The molecule has 6 heteroatoms. The third-order valence-electron chi connectivity index (χ3n) is 3.39. The first kappa shape index (κ1) is 16.9. The Hall–Kier alpha value is -2.11. The van der Waals surface area contributed by atoms with Gasteiger partial charge < -0.3 is 9.84 Å². The van der Waals surface area contributed by atoms with Gasteiger partial charge in [0, 0.05) is 11.8 Å². The Bertz CT molecular complexity index is 615. The van der Waals surface area contributed by atoms with Gasteiger partial charge in [-0.2, -0.15) is 0 Å². The van der Waals surface area contributed by atoms with Crippen molar-refractivity contribution in [2.75, 3.05) is 7.11 Å². The van der Waals surface area contributed by atoms with Gasteiger partial charge in [-0.15, -0.1) is 0 Å². The summed E-state index contributed by atoms with van der Waals surface area (Å²) in [6, 6.07) is 0.424. The minimum Gasteiger partial charge on any atom is -0.478 e. The molecule has 1 atom stereocenters. The highest BCUT2D eigenvalue weighted by Crippen LogP contribution is 2.22. The number of carbonyl (C=O) groups is 2. The molecule has 6 nitrogen and oxygen atoms in total. The van der Waals surface area contributed by atoms with Crippen LogP contribution in [0.5, 0.6) is 0 Å². The van der Waals surface area contributed by atoms with Gasteiger partial charge in [0.2, 0.25) is 0 Å². The van der Waals surface area contributed by atoms with Crippen LogP contribution >= 0.6 is 0 Å². The highest BCUT2D eigenvalue weighted by molar-refractivity contribution is 5.90. The predicted octanol–water partition coefficient (Wildman–Crippen LogP) is 1.92. The van der Waals surface area contributed by atoms with E-state index in [9.17, 15) is 19.5 Å². The van der Waals surface area contributed by atoms with Crippen LogP contribution < -0.4 is 5.56 Å². The Labute approximate surface area is 123 Å². The maximum absolute atomic E-state index is 12.2. The molecule has 116 valence electrons. The molecular formula is C15H21NO5. The normalized spacial score (nSPS) is 12.3. The number of pyridine rings is 1. The lowest BCUT2D eigenvalue weighted by Gasteiger charge is -2.23. The number of methoxy groups -OCH3 is 1. The van der Waals surface area contributed by atoms with E-state index in [2.05, 4.69) is 0 Å². The van der Waals surface area contributed by atoms with Crippen LogP contribution in [0.1, 0.15) is 47.9 Å². The van der Waals surface area contributed by atoms with Gasteiger partial charge in [-0.3, -0.25) is 9.36 Å². The second kappa shape index (κ2) is 6.56. The second-order valence-corrected chi connectivity index (χ2v) is 5.47. The standard InChI is InChI=1S/C15H21NO5/c1-8(2)6-11(15(20)21-5)16-10(4)13(14(18)19)9(3)7-12(16)17/h7-8,11H,6H2,1-5H3,(H,18,19). The molecule has 0 aliphatic carbocycles. The molecule has 1 heterocycles. The SMILES string of the molecule is COC(=O)C(CC(C)C)n1c(C)c(C(=O)O)c(C)cc1=O. The van der Waals surface area contributed by atoms with Gasteiger partial charge >= 0.3 is 11.9 Å². The van der Waals surface area contributed by atoms with Crippen molar-refractivity contribution in [1.82, 2.24) is 4.57 Å². The van der Waals surface area contributed by atoms with E-state index in [1.54, 1.807) is 6.92 Å². The fourth-order valence-corrected chi connectivity index (χ4v) is 2.50. The number of carbonyl (C=O) groups excluding carboxylic acids is 1. The summed E-state index contributed by atoms with van der Waals surface area (Å²) < 4.78 is 5.99. The van der Waals surface area contributed by atoms with Gasteiger partial charge in [0.1, 0.15) is 6.04 Å². The maximum Gasteiger partial charge on any atom is 0.337 e. The van der Waals surface area contributed by atoms with Crippen LogP contribution in [0.2, 0.25) is 0 Å². The van der Waals surface area contributed by atoms with Gasteiger partial charge in [0.15, 0.2) is 0 Å². The van der Waals surface area contributed by atoms with Crippen LogP contribution in [0.25, 0.3) is 0 Å². The molecule has 0 aliphatic rings. The number of esters is 1. The van der Waals surface area contributed by atoms with Crippen molar-refractivity contribution in [3.8, 4) is 0 Å². The van der Waals surface area contributed by atoms with Crippen molar-refractivity contribution in [2.24, 2.45) is 5.92 Å². The summed E-state index contributed by atoms with van der Waals surface area (Å²) in [5.74, 6) is -1.52. The first-order chi connectivity index (χ1) is 9.70. The highest BCUT2D eigenvalue weighted by atomic mass is 16.5. The minimum absolute atomic E-state index is 0.0484. The molecule has 0 aliphatic heterocycles. The first-order valence-corrected chi connectivity index (χ1v) is 6.74. The van der Waals surface area contributed by atoms with Crippen LogP contribution in [0, 0.1) is 19.8 Å². The lowest BCUT2D eigenvalue weighted by atomic mass is 10.0. The molecule has 21 heavy (non-hydrogen) atoms. The van der Waals surface area contributed by atoms with E-state index in [0.717, 1.165) is 0 Å². The van der Waals surface area contributed by atoms with E-state index in [4.69, 9.17) is 4.74 Å². The lowest BCUT2D eigenvalue weighted by molar-refractivity contribution is -0.145. The lowest BCUT2D eigenvalue weighted by Crippen LogP contribution is -2.34. The Morgan fingerprint density at radius 1 is 1.33 bits per heavy atom. The topological polar surface area (TPSA) is 85.6 Å². The second-order valence-electron chi connectivity index (χ2n) is 5.47. The Morgan fingerprint density at radius 2 is 1.90 bits per heavy atom. The Morgan fingerprint density at radius 3 is 2.33 bits per heavy atom. The Kier molecular flexibility index (Phi) is 5.29. The molecule has 1 unspecified atom stereocenters. The molecule has 1 aromatic rings. The number of carboxylic acid groups (broad SMARTS) is 1. The zero-order chi connectivity index (χ0) is 16.3. The molecule has 0 amide bonds. The summed E-state index contributed by atoms with van der Waals surface area (Å²) in [5, 5.41) is 9.29. The number of aromatic carboxylic acids is 1. The highest BCUT2D eigenvalue weighted by Gasteiger charge is 2.27. The fourth-order valence-electron chi connectivity index (χ4n) is 2.50. The largest absolute Gasteiger partial charge is 0.478 e. The molecule has 0 fully saturated rings. The number of aromatic nitrogens is 1. The summed E-state index contributed by atoms with van der Waals surface area (Å²) >= 11 is 0. The van der Waals surface area contributed by atoms with E-state index in [-0.39, 0.29) is 17.2 Å². The zero-order valence-corrected chi connectivity index (χ0v) is 13.0. The van der Waals surface area contributed by atoms with E-state index < -0.39 is 23.5 Å². The van der Waals surface area contributed by atoms with Crippen LogP contribution in [0.4, 0.5) is 0 Å². The van der Waals surface area contributed by atoms with E-state index in [1.165, 1.54) is 24.7 Å². The molecular weight excluding hydrogens is 274 g/mol. The van der Waals surface area contributed by atoms with Crippen LogP contribution in [0.3, 0.4) is 0 Å². The van der Waals surface area contributed by atoms with Crippen molar-refractivity contribution in [3.05, 3.63) is 33.2 Å². The van der Waals surface area contributed by atoms with Crippen molar-refractivity contribution < 1.29 is 19.4 Å². The first-order valence-electron chi connectivity index (χ1n) is 6.74. The molecule has 0 saturated carbocycles. The summed E-state index contributed by atoms with van der Waals surface area (Å²) in [4.78, 5) is 35.6. The van der Waals surface area contributed by atoms with Crippen LogP contribution in [0.15, 0.2) is 10.9 Å². The summed E-state index contributed by atoms with van der Waals surface area (Å²) in [5.41, 5.74) is 0.302. The number of hydrogen-bond donors (Lipinski definition) is 1. The summed E-state index contributed by atoms with van der Waals surface area (Å²) in [6.45, 7) is 6.94. The molecule has 1 N–H and O–H groups in total. The number of rotatable bonds is 5. The average Bonchev–Trinajstić information content (AvgIpc) is 2.34. The van der Waals surface area contributed by atoms with Crippen molar-refractivity contribution in [1.29, 1.82) is 0 Å². The number of aryl methyl sites for hydroxylation is 1. The van der Waals surface area contributed by atoms with Gasteiger partial charge in [0.05, 0.1) is 12.7 Å². The average molecular weight is 295 g/mol. The van der Waals surface area contributed by atoms with Crippen LogP contribution in [-0.4, -0.2) is 28.7 Å². The van der Waals surface area contributed by atoms with Gasteiger partial charge in [-0.25, -0.2) is 9.59 Å². The monoisotopic (exact) mass is 295 g/mol. The molecule has 0 aromatic carbocycles. The van der Waals surface area contributed by atoms with Crippen LogP contribution in [-0.2, 0) is 9.53 Å². The summed E-state index contributed by atoms with van der Waals surface area (Å²) in [6.07, 6.45) is 0.398. The zero-order valence-electron chi connectivity index (χ0n) is 13.0. The molecule has 0 radical (unpaired) electrons. The van der Waals surface area contributed by atoms with E-state index in [1.807, 2.05) is 13.8 Å². The molecule has 0 bridgehead atoms. The third kappa shape index (κ3) is 3.51. The summed E-state index contributed by atoms with van der Waals surface area (Å²) in [7, 11) is 1.25. The van der Waals surface area contributed by atoms with Gasteiger partial charge in [-0.05, 0) is 31.7 Å². The number of carboxylic acids is 1. The smallest absolute Gasteiger partial charge is 0.337 e. The number of ether oxygens (including phenoxy) is 1. The van der Waals surface area contributed by atoms with E-state index >= 15 is 0 Å². The van der Waals surface area contributed by atoms with Crippen molar-refractivity contribution >= 4 is 11.9 Å². The Balaban J connectivity index is 3.58. The quantitative estimate of drug-likeness (QED) is 0.839. The maximum atomic E-state index is 12.2. The molecule has 0 saturated heterocycles. The molecule has 1 aromatic heterocycles. The van der Waals surface area contributed by atoms with Gasteiger partial charge in [0.25, 0.3) is 5.56 Å². The van der Waals surface area contributed by atoms with Crippen molar-refractivity contribution in [2.45, 2.75) is 40.2 Å². The van der Waals surface area contributed by atoms with E-state index in [0.29, 0.717) is 12.0 Å². The fraction of sp³-hybridized carbons (Fsp3) is 0.533. The molecule has 1 rings (SSSR count). The minimum atomic E-state index is -1.12. The number of hydrogen-bond acceptors (Lipinski definition) is 4. The predicted molar refractivity (Wildman–Crippen MR) is 77.6 cm³/mol. The number of nitrogens with zero attached hydrogens (tertiary/aromatic N) is 1. The molecule has 0 spiro atoms. The third-order valence-corrected chi connectivity index (χ3v) is 3.39.